The number of halogens is 3. The van der Waals surface area contributed by atoms with Gasteiger partial charge in [-0.1, -0.05) is 6.92 Å². The lowest BCUT2D eigenvalue weighted by Gasteiger charge is -2.27. The molecule has 0 saturated carbocycles. The third kappa shape index (κ3) is 4.44. The topological polar surface area (TPSA) is 41.1 Å². The molecule has 0 aliphatic rings. The Morgan fingerprint density at radius 1 is 1.35 bits per heavy atom. The molecule has 0 bridgehead atoms. The molecular weight excluding hydrogens is 330 g/mol. The maximum atomic E-state index is 13.6. The first-order chi connectivity index (χ1) is 9.16. The Labute approximate surface area is 126 Å². The summed E-state index contributed by atoms with van der Waals surface area (Å²) in [5, 5.41) is 5.60. The molecule has 3 nitrogen and oxygen atoms in total. The lowest BCUT2D eigenvalue weighted by Crippen LogP contribution is -2.48. The van der Waals surface area contributed by atoms with E-state index in [1.54, 1.807) is 6.92 Å². The van der Waals surface area contributed by atoms with Gasteiger partial charge >= 0.3 is 0 Å². The highest BCUT2D eigenvalue weighted by molar-refractivity contribution is 9.10. The average Bonchev–Trinajstić information content (AvgIpc) is 2.35. The van der Waals surface area contributed by atoms with Crippen LogP contribution in [0.4, 0.5) is 14.5 Å². The van der Waals surface area contributed by atoms with E-state index in [-0.39, 0.29) is 21.6 Å². The molecule has 0 aliphatic carbocycles. The number of amides is 1. The molecule has 1 amide bonds. The number of hydrogen-bond acceptors (Lipinski definition) is 2. The van der Waals surface area contributed by atoms with Crippen molar-refractivity contribution in [2.24, 2.45) is 0 Å². The molecule has 1 aromatic rings. The lowest BCUT2D eigenvalue weighted by atomic mass is 10.0. The van der Waals surface area contributed by atoms with Crippen LogP contribution in [0.25, 0.3) is 0 Å². The van der Waals surface area contributed by atoms with Gasteiger partial charge in [-0.2, -0.15) is 0 Å². The molecule has 1 rings (SSSR count). The second kappa shape index (κ2) is 6.52. The molecule has 0 saturated heterocycles. The summed E-state index contributed by atoms with van der Waals surface area (Å²) in [6.45, 7) is 7.41. The summed E-state index contributed by atoms with van der Waals surface area (Å²) < 4.78 is 26.9. The standard InChI is InChI=1S/C14H19BrF2N2O/c1-5-14(3,4)19-13(20)8(2)18-12-6-9(15)10(16)7-11(12)17/h6-8,18H,5H2,1-4H3,(H,19,20). The number of hydrogen-bond donors (Lipinski definition) is 2. The summed E-state index contributed by atoms with van der Waals surface area (Å²) >= 11 is 2.98. The second-order valence-corrected chi connectivity index (χ2v) is 6.19. The van der Waals surface area contributed by atoms with Gasteiger partial charge in [0.05, 0.1) is 10.2 Å². The largest absolute Gasteiger partial charge is 0.371 e. The normalized spacial score (nSPS) is 12.9. The smallest absolute Gasteiger partial charge is 0.242 e. The number of rotatable bonds is 5. The highest BCUT2D eigenvalue weighted by Crippen LogP contribution is 2.24. The van der Waals surface area contributed by atoms with Crippen molar-refractivity contribution in [1.29, 1.82) is 0 Å². The molecule has 0 aliphatic heterocycles. The highest BCUT2D eigenvalue weighted by Gasteiger charge is 2.22. The maximum Gasteiger partial charge on any atom is 0.242 e. The zero-order valence-electron chi connectivity index (χ0n) is 12.0. The Bertz CT molecular complexity index is 506. The van der Waals surface area contributed by atoms with Crippen molar-refractivity contribution in [1.82, 2.24) is 5.32 Å². The molecular formula is C14H19BrF2N2O. The van der Waals surface area contributed by atoms with Gasteiger partial charge < -0.3 is 10.6 Å². The molecule has 20 heavy (non-hydrogen) atoms. The van der Waals surface area contributed by atoms with Crippen molar-refractivity contribution >= 4 is 27.5 Å². The minimum Gasteiger partial charge on any atom is -0.371 e. The third-order valence-electron chi connectivity index (χ3n) is 3.12. The van der Waals surface area contributed by atoms with E-state index in [9.17, 15) is 13.6 Å². The number of anilines is 1. The van der Waals surface area contributed by atoms with Crippen LogP contribution >= 0.6 is 15.9 Å². The zero-order valence-corrected chi connectivity index (χ0v) is 13.6. The predicted molar refractivity (Wildman–Crippen MR) is 79.7 cm³/mol. The van der Waals surface area contributed by atoms with Crippen molar-refractivity contribution in [3.05, 3.63) is 28.2 Å². The first kappa shape index (κ1) is 16.9. The first-order valence-electron chi connectivity index (χ1n) is 6.39. The van der Waals surface area contributed by atoms with E-state index in [0.717, 1.165) is 12.5 Å². The summed E-state index contributed by atoms with van der Waals surface area (Å²) in [7, 11) is 0. The molecule has 0 aromatic heterocycles. The van der Waals surface area contributed by atoms with Gasteiger partial charge in [-0.25, -0.2) is 8.78 Å². The Kier molecular flexibility index (Phi) is 5.50. The van der Waals surface area contributed by atoms with Crippen molar-refractivity contribution in [3.8, 4) is 0 Å². The van der Waals surface area contributed by atoms with E-state index in [1.807, 2.05) is 20.8 Å². The Morgan fingerprint density at radius 2 is 1.95 bits per heavy atom. The fraction of sp³-hybridized carbons (Fsp3) is 0.500. The Balaban J connectivity index is 2.78. The number of carbonyl (C=O) groups is 1. The van der Waals surface area contributed by atoms with Gasteiger partial charge in [0.25, 0.3) is 0 Å². The Morgan fingerprint density at radius 3 is 2.50 bits per heavy atom. The van der Waals surface area contributed by atoms with E-state index < -0.39 is 17.7 Å². The van der Waals surface area contributed by atoms with E-state index in [0.29, 0.717) is 0 Å². The summed E-state index contributed by atoms with van der Waals surface area (Å²) in [4.78, 5) is 12.0. The van der Waals surface area contributed by atoms with Gasteiger partial charge in [-0.3, -0.25) is 4.79 Å². The summed E-state index contributed by atoms with van der Waals surface area (Å²) in [6, 6.07) is 1.42. The van der Waals surface area contributed by atoms with Crippen LogP contribution in [0, 0.1) is 11.6 Å². The van der Waals surface area contributed by atoms with Gasteiger partial charge in [0.2, 0.25) is 5.91 Å². The fourth-order valence-corrected chi connectivity index (χ4v) is 1.81. The van der Waals surface area contributed by atoms with E-state index >= 15 is 0 Å². The van der Waals surface area contributed by atoms with Crippen molar-refractivity contribution in [2.75, 3.05) is 5.32 Å². The summed E-state index contributed by atoms with van der Waals surface area (Å²) in [5.74, 6) is -1.66. The molecule has 0 spiro atoms. The minimum atomic E-state index is -0.736. The van der Waals surface area contributed by atoms with Crippen LogP contribution < -0.4 is 10.6 Å². The van der Waals surface area contributed by atoms with Crippen molar-refractivity contribution in [2.45, 2.75) is 45.7 Å². The van der Waals surface area contributed by atoms with Crippen LogP contribution in [-0.2, 0) is 4.79 Å². The molecule has 1 atom stereocenters. The van der Waals surface area contributed by atoms with Gasteiger partial charge in [0, 0.05) is 11.6 Å². The quantitative estimate of drug-likeness (QED) is 0.794. The van der Waals surface area contributed by atoms with Crippen LogP contribution in [0.2, 0.25) is 0 Å². The molecule has 112 valence electrons. The zero-order chi connectivity index (χ0) is 15.5. The van der Waals surface area contributed by atoms with Crippen LogP contribution in [0.5, 0.6) is 0 Å². The fourth-order valence-electron chi connectivity index (χ4n) is 1.46. The summed E-state index contributed by atoms with van der Waals surface area (Å²) in [6.07, 6.45) is 0.780. The van der Waals surface area contributed by atoms with Gasteiger partial charge in [-0.05, 0) is 49.2 Å². The van der Waals surface area contributed by atoms with Crippen LogP contribution in [-0.4, -0.2) is 17.5 Å². The summed E-state index contributed by atoms with van der Waals surface area (Å²) in [5.41, 5.74) is -0.246. The number of carbonyl (C=O) groups excluding carboxylic acids is 1. The predicted octanol–water partition coefficient (Wildman–Crippen LogP) is 3.83. The van der Waals surface area contributed by atoms with Gasteiger partial charge in [0.1, 0.15) is 17.7 Å². The minimum absolute atomic E-state index is 0.0789. The number of benzene rings is 1. The van der Waals surface area contributed by atoms with Crippen molar-refractivity contribution in [3.63, 3.8) is 0 Å². The van der Waals surface area contributed by atoms with Crippen LogP contribution in [0.3, 0.4) is 0 Å². The Hall–Kier alpha value is -1.17. The van der Waals surface area contributed by atoms with E-state index in [4.69, 9.17) is 0 Å². The third-order valence-corrected chi connectivity index (χ3v) is 3.73. The SMILES string of the molecule is CCC(C)(C)NC(=O)C(C)Nc1cc(Br)c(F)cc1F. The highest BCUT2D eigenvalue weighted by atomic mass is 79.9. The van der Waals surface area contributed by atoms with Crippen molar-refractivity contribution < 1.29 is 13.6 Å². The average molecular weight is 349 g/mol. The van der Waals surface area contributed by atoms with E-state index in [2.05, 4.69) is 26.6 Å². The molecule has 1 aromatic carbocycles. The number of nitrogens with one attached hydrogen (secondary N) is 2. The second-order valence-electron chi connectivity index (χ2n) is 5.34. The molecule has 6 heteroatoms. The van der Waals surface area contributed by atoms with Gasteiger partial charge in [-0.15, -0.1) is 0 Å². The molecule has 2 N–H and O–H groups in total. The van der Waals surface area contributed by atoms with Gasteiger partial charge in [0.15, 0.2) is 0 Å². The van der Waals surface area contributed by atoms with Crippen LogP contribution in [0.15, 0.2) is 16.6 Å². The molecule has 0 heterocycles. The van der Waals surface area contributed by atoms with E-state index in [1.165, 1.54) is 6.07 Å². The molecule has 0 radical (unpaired) electrons. The molecule has 1 unspecified atom stereocenters. The lowest BCUT2D eigenvalue weighted by molar-refractivity contribution is -0.123. The molecule has 0 fully saturated rings. The first-order valence-corrected chi connectivity index (χ1v) is 7.18. The maximum absolute atomic E-state index is 13.6. The van der Waals surface area contributed by atoms with Crippen LogP contribution in [0.1, 0.15) is 34.1 Å². The monoisotopic (exact) mass is 348 g/mol.